The fourth-order valence-electron chi connectivity index (χ4n) is 1.96. The van der Waals surface area contributed by atoms with Crippen molar-refractivity contribution in [2.45, 2.75) is 20.0 Å². The lowest BCUT2D eigenvalue weighted by Gasteiger charge is -2.09. The highest BCUT2D eigenvalue weighted by Crippen LogP contribution is 2.28. The van der Waals surface area contributed by atoms with Crippen LogP contribution in [0.4, 0.5) is 0 Å². The molecule has 2 aromatic carbocycles. The molecule has 0 amide bonds. The molecule has 112 valence electrons. The summed E-state index contributed by atoms with van der Waals surface area (Å²) in [4.78, 5) is 0. The summed E-state index contributed by atoms with van der Waals surface area (Å²) in [6.45, 7) is 3.95. The molecule has 2 rings (SSSR count). The highest BCUT2D eigenvalue weighted by Gasteiger charge is 2.07. The van der Waals surface area contributed by atoms with Crippen LogP contribution in [0.5, 0.6) is 5.75 Å². The fourth-order valence-corrected chi connectivity index (χ4v) is 2.47. The van der Waals surface area contributed by atoms with Gasteiger partial charge in [-0.2, -0.15) is 5.26 Å². The van der Waals surface area contributed by atoms with Crippen molar-refractivity contribution in [3.8, 4) is 11.8 Å². The van der Waals surface area contributed by atoms with Crippen LogP contribution in [0.25, 0.3) is 11.6 Å². The van der Waals surface area contributed by atoms with E-state index in [1.807, 2.05) is 38.1 Å². The highest BCUT2D eigenvalue weighted by atomic mass is 35.5. The van der Waals surface area contributed by atoms with Crippen molar-refractivity contribution >= 4 is 34.9 Å². The van der Waals surface area contributed by atoms with E-state index < -0.39 is 0 Å². The molecule has 22 heavy (non-hydrogen) atoms. The van der Waals surface area contributed by atoms with E-state index in [-0.39, 0.29) is 6.10 Å². The summed E-state index contributed by atoms with van der Waals surface area (Å²) < 4.78 is 5.60. The monoisotopic (exact) mass is 331 g/mol. The third-order valence-corrected chi connectivity index (χ3v) is 3.45. The number of allylic oxidation sites excluding steroid dienone is 1. The Hall–Kier alpha value is -1.95. The molecule has 4 heteroatoms. The Labute approximate surface area is 140 Å². The molecule has 0 spiro atoms. The quantitative estimate of drug-likeness (QED) is 0.520. The van der Waals surface area contributed by atoms with Crippen molar-refractivity contribution in [3.05, 3.63) is 63.6 Å². The van der Waals surface area contributed by atoms with E-state index in [0.717, 1.165) is 11.3 Å². The van der Waals surface area contributed by atoms with Crippen LogP contribution in [0.3, 0.4) is 0 Å². The topological polar surface area (TPSA) is 33.0 Å². The van der Waals surface area contributed by atoms with Gasteiger partial charge in [-0.3, -0.25) is 0 Å². The fraction of sp³-hybridized carbons (Fsp3) is 0.167. The van der Waals surface area contributed by atoms with Crippen molar-refractivity contribution in [1.29, 1.82) is 5.26 Å². The van der Waals surface area contributed by atoms with Gasteiger partial charge in [0.1, 0.15) is 5.75 Å². The predicted molar refractivity (Wildman–Crippen MR) is 92.2 cm³/mol. The second kappa shape index (κ2) is 7.35. The van der Waals surface area contributed by atoms with E-state index >= 15 is 0 Å². The zero-order chi connectivity index (χ0) is 16.1. The summed E-state index contributed by atoms with van der Waals surface area (Å²) in [6.07, 6.45) is 1.91. The molecule has 2 aromatic rings. The van der Waals surface area contributed by atoms with E-state index in [1.165, 1.54) is 0 Å². The first-order valence-electron chi connectivity index (χ1n) is 6.83. The lowest BCUT2D eigenvalue weighted by atomic mass is 10.0. The van der Waals surface area contributed by atoms with Crippen molar-refractivity contribution in [3.63, 3.8) is 0 Å². The molecule has 0 aliphatic heterocycles. The van der Waals surface area contributed by atoms with Gasteiger partial charge in [0.15, 0.2) is 0 Å². The summed E-state index contributed by atoms with van der Waals surface area (Å²) in [6, 6.07) is 14.8. The molecular weight excluding hydrogens is 317 g/mol. The molecule has 0 saturated carbocycles. The van der Waals surface area contributed by atoms with Gasteiger partial charge in [0, 0.05) is 10.6 Å². The summed E-state index contributed by atoms with van der Waals surface area (Å²) in [7, 11) is 0. The van der Waals surface area contributed by atoms with Crippen molar-refractivity contribution in [2.24, 2.45) is 0 Å². The van der Waals surface area contributed by atoms with Crippen LogP contribution >= 0.6 is 23.2 Å². The van der Waals surface area contributed by atoms with Crippen molar-refractivity contribution in [1.82, 2.24) is 0 Å². The normalized spacial score (nSPS) is 11.4. The van der Waals surface area contributed by atoms with Gasteiger partial charge in [-0.05, 0) is 49.8 Å². The summed E-state index contributed by atoms with van der Waals surface area (Å²) in [5.74, 6) is 0.801. The van der Waals surface area contributed by atoms with E-state index in [1.54, 1.807) is 24.3 Å². The minimum atomic E-state index is 0.129. The van der Waals surface area contributed by atoms with Gasteiger partial charge in [-0.25, -0.2) is 0 Å². The average molecular weight is 332 g/mol. The standard InChI is InChI=1S/C18H15Cl2NO/c1-12(2)22-16-6-3-13(4-7-16)9-14(11-21)17-8-5-15(19)10-18(17)20/h3-10,12H,1-2H3/b14-9+. The number of halogens is 2. The van der Waals surface area contributed by atoms with Crippen LogP contribution in [0.1, 0.15) is 25.0 Å². The zero-order valence-corrected chi connectivity index (χ0v) is 13.8. The summed E-state index contributed by atoms with van der Waals surface area (Å²) >= 11 is 12.0. The van der Waals surface area contributed by atoms with E-state index in [4.69, 9.17) is 27.9 Å². The Morgan fingerprint density at radius 2 is 1.82 bits per heavy atom. The average Bonchev–Trinajstić information content (AvgIpc) is 2.46. The molecule has 0 unspecified atom stereocenters. The highest BCUT2D eigenvalue weighted by molar-refractivity contribution is 6.36. The molecule has 0 fully saturated rings. The van der Waals surface area contributed by atoms with Gasteiger partial charge in [-0.15, -0.1) is 0 Å². The first-order valence-corrected chi connectivity index (χ1v) is 7.59. The van der Waals surface area contributed by atoms with Gasteiger partial charge in [-0.1, -0.05) is 41.4 Å². The number of nitriles is 1. The molecule has 0 aliphatic rings. The summed E-state index contributed by atoms with van der Waals surface area (Å²) in [5, 5.41) is 10.4. The van der Waals surface area contributed by atoms with Crippen LogP contribution in [0.2, 0.25) is 10.0 Å². The smallest absolute Gasteiger partial charge is 0.119 e. The number of ether oxygens (including phenoxy) is 1. The van der Waals surface area contributed by atoms with Gasteiger partial charge < -0.3 is 4.74 Å². The van der Waals surface area contributed by atoms with E-state index in [0.29, 0.717) is 21.2 Å². The molecule has 0 aromatic heterocycles. The second-order valence-corrected chi connectivity index (χ2v) is 5.87. The number of hydrogen-bond donors (Lipinski definition) is 0. The minimum Gasteiger partial charge on any atom is -0.491 e. The molecule has 0 N–H and O–H groups in total. The molecule has 0 bridgehead atoms. The Bertz CT molecular complexity index is 728. The third kappa shape index (κ3) is 4.27. The van der Waals surface area contributed by atoms with Crippen molar-refractivity contribution in [2.75, 3.05) is 0 Å². The zero-order valence-electron chi connectivity index (χ0n) is 12.3. The largest absolute Gasteiger partial charge is 0.491 e. The maximum Gasteiger partial charge on any atom is 0.119 e. The Kier molecular flexibility index (Phi) is 5.49. The van der Waals surface area contributed by atoms with Crippen LogP contribution in [-0.4, -0.2) is 6.10 Å². The van der Waals surface area contributed by atoms with Crippen molar-refractivity contribution < 1.29 is 4.74 Å². The lowest BCUT2D eigenvalue weighted by Crippen LogP contribution is -2.05. The molecule has 2 nitrogen and oxygen atoms in total. The number of benzene rings is 2. The third-order valence-electron chi connectivity index (χ3n) is 2.90. The number of nitrogens with zero attached hydrogens (tertiary/aromatic N) is 1. The minimum absolute atomic E-state index is 0.129. The summed E-state index contributed by atoms with van der Waals surface area (Å²) in [5.41, 5.74) is 2.05. The SMILES string of the molecule is CC(C)Oc1ccc(/C=C(\C#N)c2ccc(Cl)cc2Cl)cc1. The Morgan fingerprint density at radius 1 is 1.14 bits per heavy atom. The van der Waals surface area contributed by atoms with Crippen LogP contribution in [-0.2, 0) is 0 Å². The van der Waals surface area contributed by atoms with Gasteiger partial charge >= 0.3 is 0 Å². The van der Waals surface area contributed by atoms with Gasteiger partial charge in [0.25, 0.3) is 0 Å². The first kappa shape index (κ1) is 16.4. The molecule has 0 aliphatic carbocycles. The Balaban J connectivity index is 2.31. The predicted octanol–water partition coefficient (Wildman–Crippen LogP) is 5.84. The molecular formula is C18H15Cl2NO. The maximum absolute atomic E-state index is 9.37. The van der Waals surface area contributed by atoms with E-state index in [9.17, 15) is 5.26 Å². The van der Waals surface area contributed by atoms with Crippen LogP contribution in [0.15, 0.2) is 42.5 Å². The maximum atomic E-state index is 9.37. The first-order chi connectivity index (χ1) is 10.5. The molecule has 0 radical (unpaired) electrons. The molecule has 0 atom stereocenters. The van der Waals surface area contributed by atoms with Crippen LogP contribution in [0, 0.1) is 11.3 Å². The lowest BCUT2D eigenvalue weighted by molar-refractivity contribution is 0.242. The van der Waals surface area contributed by atoms with E-state index in [2.05, 4.69) is 6.07 Å². The Morgan fingerprint density at radius 3 is 2.36 bits per heavy atom. The van der Waals surface area contributed by atoms with Crippen LogP contribution < -0.4 is 4.74 Å². The van der Waals surface area contributed by atoms with Gasteiger partial charge in [0.05, 0.1) is 22.8 Å². The second-order valence-electron chi connectivity index (χ2n) is 5.03. The number of rotatable bonds is 4. The number of hydrogen-bond acceptors (Lipinski definition) is 2. The molecule has 0 heterocycles. The molecule has 0 saturated heterocycles. The van der Waals surface area contributed by atoms with Gasteiger partial charge in [0.2, 0.25) is 0 Å².